The molecule has 0 aromatic carbocycles. The predicted octanol–water partition coefficient (Wildman–Crippen LogP) is 0.462. The van der Waals surface area contributed by atoms with E-state index in [0.29, 0.717) is 12.8 Å². The fraction of sp³-hybridized carbons (Fsp3) is 0.889. The predicted molar refractivity (Wildman–Crippen MR) is 61.3 cm³/mol. The molecule has 0 heterocycles. The number of nitrogens with one attached hydrogen (secondary N) is 2. The zero-order valence-corrected chi connectivity index (χ0v) is 10.7. The third-order valence-corrected chi connectivity index (χ3v) is 3.21. The van der Waals surface area contributed by atoms with Gasteiger partial charge in [-0.1, -0.05) is 19.8 Å². The van der Waals surface area contributed by atoms with Gasteiger partial charge in [0.15, 0.2) is 0 Å². The van der Waals surface area contributed by atoms with Gasteiger partial charge in [-0.05, 0) is 20.3 Å². The van der Waals surface area contributed by atoms with Gasteiger partial charge in [-0.3, -0.25) is 4.79 Å². The van der Waals surface area contributed by atoms with E-state index < -0.39 is 22.2 Å². The molecule has 0 saturated heterocycles. The molecule has 3 N–H and O–H groups in total. The molecule has 0 bridgehead atoms. The maximum Gasteiger partial charge on any atom is 0.321 e. The van der Waals surface area contributed by atoms with E-state index in [-0.39, 0.29) is 6.04 Å². The Kier molecular flexibility index (Phi) is 6.54. The summed E-state index contributed by atoms with van der Waals surface area (Å²) in [5.41, 5.74) is 0. The molecule has 0 aliphatic heterocycles. The minimum absolute atomic E-state index is 0.266. The van der Waals surface area contributed by atoms with Gasteiger partial charge in [-0.15, -0.1) is 0 Å². The van der Waals surface area contributed by atoms with Crippen molar-refractivity contribution in [2.75, 3.05) is 0 Å². The first-order chi connectivity index (χ1) is 7.28. The molecule has 0 unspecified atom stereocenters. The number of carbonyl (C=O) groups is 1. The lowest BCUT2D eigenvalue weighted by Gasteiger charge is -2.16. The summed E-state index contributed by atoms with van der Waals surface area (Å²) < 4.78 is 27.3. The van der Waals surface area contributed by atoms with E-state index in [1.54, 1.807) is 13.8 Å². The number of hydrogen-bond acceptors (Lipinski definition) is 3. The van der Waals surface area contributed by atoms with Gasteiger partial charge >= 0.3 is 5.97 Å². The van der Waals surface area contributed by atoms with Crippen molar-refractivity contribution in [1.29, 1.82) is 0 Å². The van der Waals surface area contributed by atoms with Crippen LogP contribution < -0.4 is 9.44 Å². The summed E-state index contributed by atoms with van der Waals surface area (Å²) in [4.78, 5) is 10.8. The van der Waals surface area contributed by atoms with Crippen LogP contribution in [0.25, 0.3) is 0 Å². The smallest absolute Gasteiger partial charge is 0.321 e. The van der Waals surface area contributed by atoms with Crippen molar-refractivity contribution in [2.45, 2.75) is 52.1 Å². The van der Waals surface area contributed by atoms with E-state index in [0.717, 1.165) is 6.42 Å². The van der Waals surface area contributed by atoms with E-state index >= 15 is 0 Å². The van der Waals surface area contributed by atoms with Crippen molar-refractivity contribution in [3.63, 3.8) is 0 Å². The van der Waals surface area contributed by atoms with Crippen molar-refractivity contribution in [1.82, 2.24) is 9.44 Å². The van der Waals surface area contributed by atoms with E-state index in [2.05, 4.69) is 9.44 Å². The fourth-order valence-electron chi connectivity index (χ4n) is 1.17. The number of carboxylic acid groups (broad SMARTS) is 1. The first kappa shape index (κ1) is 15.3. The summed E-state index contributed by atoms with van der Waals surface area (Å²) in [6.07, 6.45) is 1.79. The second-order valence-electron chi connectivity index (χ2n) is 3.93. The van der Waals surface area contributed by atoms with Crippen LogP contribution in [0.1, 0.15) is 40.0 Å². The highest BCUT2D eigenvalue weighted by Crippen LogP contribution is 2.02. The van der Waals surface area contributed by atoms with Crippen LogP contribution in [0.15, 0.2) is 0 Å². The molecule has 0 fully saturated rings. The summed E-state index contributed by atoms with van der Waals surface area (Å²) in [5.74, 6) is -1.15. The van der Waals surface area contributed by atoms with Crippen molar-refractivity contribution >= 4 is 16.2 Å². The Balaban J connectivity index is 4.44. The second kappa shape index (κ2) is 6.82. The summed E-state index contributed by atoms with van der Waals surface area (Å²) >= 11 is 0. The van der Waals surface area contributed by atoms with Gasteiger partial charge in [0, 0.05) is 6.04 Å². The molecule has 96 valence electrons. The Labute approximate surface area is 96.6 Å². The van der Waals surface area contributed by atoms with E-state index in [1.807, 2.05) is 6.92 Å². The SMILES string of the molecule is CCCC[C@H](NS(=O)(=O)NC(C)C)C(=O)O. The normalized spacial score (nSPS) is 14.0. The molecule has 0 radical (unpaired) electrons. The highest BCUT2D eigenvalue weighted by molar-refractivity contribution is 7.87. The molecule has 0 saturated carbocycles. The molecule has 1 atom stereocenters. The second-order valence-corrected chi connectivity index (χ2v) is 5.41. The fourth-order valence-corrected chi connectivity index (χ4v) is 2.45. The first-order valence-corrected chi connectivity index (χ1v) is 6.79. The zero-order chi connectivity index (χ0) is 12.8. The van der Waals surface area contributed by atoms with Crippen molar-refractivity contribution in [2.24, 2.45) is 0 Å². The van der Waals surface area contributed by atoms with Crippen LogP contribution >= 0.6 is 0 Å². The van der Waals surface area contributed by atoms with Gasteiger partial charge < -0.3 is 5.11 Å². The quantitative estimate of drug-likeness (QED) is 0.585. The number of hydrogen-bond donors (Lipinski definition) is 3. The van der Waals surface area contributed by atoms with Crippen LogP contribution in [-0.2, 0) is 15.0 Å². The summed E-state index contributed by atoms with van der Waals surface area (Å²) in [5, 5.41) is 8.84. The largest absolute Gasteiger partial charge is 0.480 e. The molecular weight excluding hydrogens is 232 g/mol. The van der Waals surface area contributed by atoms with E-state index in [4.69, 9.17) is 5.11 Å². The molecule has 0 aliphatic carbocycles. The molecule has 6 nitrogen and oxygen atoms in total. The number of aliphatic carboxylic acids is 1. The van der Waals surface area contributed by atoms with Crippen molar-refractivity contribution < 1.29 is 18.3 Å². The average molecular weight is 252 g/mol. The molecule has 0 aromatic rings. The van der Waals surface area contributed by atoms with Crippen LogP contribution in [0.2, 0.25) is 0 Å². The summed E-state index contributed by atoms with van der Waals surface area (Å²) in [7, 11) is -3.74. The Bertz CT molecular complexity index is 313. The highest BCUT2D eigenvalue weighted by atomic mass is 32.2. The number of rotatable bonds is 8. The van der Waals surface area contributed by atoms with Crippen molar-refractivity contribution in [3.05, 3.63) is 0 Å². The Morgan fingerprint density at radius 3 is 2.25 bits per heavy atom. The van der Waals surface area contributed by atoms with Crippen LogP contribution in [0.4, 0.5) is 0 Å². The van der Waals surface area contributed by atoms with E-state index in [9.17, 15) is 13.2 Å². The van der Waals surface area contributed by atoms with Crippen LogP contribution in [0.5, 0.6) is 0 Å². The zero-order valence-electron chi connectivity index (χ0n) is 9.86. The molecule has 16 heavy (non-hydrogen) atoms. The molecule has 0 aromatic heterocycles. The van der Waals surface area contributed by atoms with Crippen molar-refractivity contribution in [3.8, 4) is 0 Å². The lowest BCUT2D eigenvalue weighted by Crippen LogP contribution is -2.48. The van der Waals surface area contributed by atoms with Gasteiger partial charge in [-0.25, -0.2) is 0 Å². The van der Waals surface area contributed by atoms with Gasteiger partial charge in [0.1, 0.15) is 6.04 Å². The number of carboxylic acids is 1. The van der Waals surface area contributed by atoms with Gasteiger partial charge in [0.05, 0.1) is 0 Å². The van der Waals surface area contributed by atoms with Crippen LogP contribution in [-0.4, -0.2) is 31.6 Å². The third-order valence-electron chi connectivity index (χ3n) is 1.83. The Morgan fingerprint density at radius 1 is 1.31 bits per heavy atom. The van der Waals surface area contributed by atoms with Crippen LogP contribution in [0, 0.1) is 0 Å². The molecule has 0 amide bonds. The standard InChI is InChI=1S/C9H20N2O4S/c1-4-5-6-8(9(12)13)11-16(14,15)10-7(2)3/h7-8,10-11H,4-6H2,1-3H3,(H,12,13)/t8-/m0/s1. The topological polar surface area (TPSA) is 95.5 Å². The van der Waals surface area contributed by atoms with Gasteiger partial charge in [0.2, 0.25) is 0 Å². The summed E-state index contributed by atoms with van der Waals surface area (Å²) in [6.45, 7) is 5.25. The maximum absolute atomic E-state index is 11.4. The monoisotopic (exact) mass is 252 g/mol. The van der Waals surface area contributed by atoms with Crippen LogP contribution in [0.3, 0.4) is 0 Å². The average Bonchev–Trinajstić information content (AvgIpc) is 2.09. The minimum atomic E-state index is -3.74. The maximum atomic E-state index is 11.4. The Hall–Kier alpha value is -0.660. The molecular formula is C9H20N2O4S. The molecule has 7 heteroatoms. The highest BCUT2D eigenvalue weighted by Gasteiger charge is 2.23. The molecule has 0 spiro atoms. The molecule has 0 aliphatic rings. The minimum Gasteiger partial charge on any atom is -0.480 e. The lowest BCUT2D eigenvalue weighted by atomic mass is 10.1. The van der Waals surface area contributed by atoms with Gasteiger partial charge in [0.25, 0.3) is 10.2 Å². The summed E-state index contributed by atoms with van der Waals surface area (Å²) in [6, 6.07) is -1.32. The first-order valence-electron chi connectivity index (χ1n) is 5.31. The third kappa shape index (κ3) is 6.76. The lowest BCUT2D eigenvalue weighted by molar-refractivity contribution is -0.139. The number of unbranched alkanes of at least 4 members (excludes halogenated alkanes) is 1. The Morgan fingerprint density at radius 2 is 1.88 bits per heavy atom. The van der Waals surface area contributed by atoms with E-state index in [1.165, 1.54) is 0 Å². The van der Waals surface area contributed by atoms with Gasteiger partial charge in [-0.2, -0.15) is 17.9 Å². The molecule has 0 rings (SSSR count).